The molecule has 0 bridgehead atoms. The third-order valence-electron chi connectivity index (χ3n) is 5.39. The zero-order valence-corrected chi connectivity index (χ0v) is 16.4. The molecule has 0 saturated heterocycles. The van der Waals surface area contributed by atoms with Crippen molar-refractivity contribution in [2.24, 2.45) is 7.05 Å². The van der Waals surface area contributed by atoms with E-state index in [1.54, 1.807) is 31.4 Å². The van der Waals surface area contributed by atoms with Crippen molar-refractivity contribution in [3.05, 3.63) is 70.1 Å². The van der Waals surface area contributed by atoms with E-state index < -0.39 is 17.3 Å². The molecule has 1 amide bonds. The van der Waals surface area contributed by atoms with Crippen molar-refractivity contribution in [3.63, 3.8) is 0 Å². The Morgan fingerprint density at radius 3 is 2.45 bits per heavy atom. The van der Waals surface area contributed by atoms with Crippen LogP contribution in [0.2, 0.25) is 0 Å². The number of amides is 1. The number of fused-ring (bicyclic) bond motifs is 3. The standard InChI is InChI=1S/C22H17F3N4O2/c1-28-11-17-16-10-12(20(30)26-14-5-6-14)2-9-18(16)29(21(31)19(17)27-28)15-7-3-13(4-8-15)22(23,24)25/h2-4,7-11,14H,5-6H2,1H3,(H,26,30). The maximum absolute atomic E-state index is 13.2. The van der Waals surface area contributed by atoms with Crippen LogP contribution in [0.5, 0.6) is 0 Å². The Morgan fingerprint density at radius 2 is 1.81 bits per heavy atom. The van der Waals surface area contributed by atoms with Crippen molar-refractivity contribution in [1.82, 2.24) is 19.7 Å². The van der Waals surface area contributed by atoms with Crippen LogP contribution in [-0.4, -0.2) is 26.3 Å². The van der Waals surface area contributed by atoms with Gasteiger partial charge in [0.15, 0.2) is 5.52 Å². The highest BCUT2D eigenvalue weighted by atomic mass is 19.4. The molecular weight excluding hydrogens is 409 g/mol. The van der Waals surface area contributed by atoms with Gasteiger partial charge in [-0.1, -0.05) is 0 Å². The predicted molar refractivity (Wildman–Crippen MR) is 109 cm³/mol. The maximum Gasteiger partial charge on any atom is 0.416 e. The summed E-state index contributed by atoms with van der Waals surface area (Å²) >= 11 is 0. The monoisotopic (exact) mass is 426 g/mol. The molecule has 0 radical (unpaired) electrons. The third-order valence-corrected chi connectivity index (χ3v) is 5.39. The number of pyridine rings is 1. The Labute approximate surface area is 173 Å². The van der Waals surface area contributed by atoms with Crippen molar-refractivity contribution in [3.8, 4) is 5.69 Å². The van der Waals surface area contributed by atoms with E-state index in [0.717, 1.165) is 25.0 Å². The highest BCUT2D eigenvalue weighted by Gasteiger charge is 2.30. The molecule has 1 fully saturated rings. The summed E-state index contributed by atoms with van der Waals surface area (Å²) in [5.74, 6) is -0.200. The largest absolute Gasteiger partial charge is 0.416 e. The molecule has 2 aromatic heterocycles. The molecule has 158 valence electrons. The predicted octanol–water partition coefficient (Wildman–Crippen LogP) is 3.79. The molecule has 1 N–H and O–H groups in total. The van der Waals surface area contributed by atoms with E-state index in [-0.39, 0.29) is 23.2 Å². The van der Waals surface area contributed by atoms with Crippen molar-refractivity contribution in [1.29, 1.82) is 0 Å². The molecule has 9 heteroatoms. The van der Waals surface area contributed by atoms with Gasteiger partial charge < -0.3 is 5.32 Å². The summed E-state index contributed by atoms with van der Waals surface area (Å²) in [5.41, 5.74) is 0.139. The number of hydrogen-bond acceptors (Lipinski definition) is 3. The Hall–Kier alpha value is -3.62. The van der Waals surface area contributed by atoms with Crippen LogP contribution in [0.4, 0.5) is 13.2 Å². The third kappa shape index (κ3) is 3.35. The van der Waals surface area contributed by atoms with Gasteiger partial charge in [0.1, 0.15) is 0 Å². The lowest BCUT2D eigenvalue weighted by atomic mass is 10.1. The Balaban J connectivity index is 1.74. The Kier molecular flexibility index (Phi) is 4.18. The van der Waals surface area contributed by atoms with Crippen LogP contribution in [0.15, 0.2) is 53.5 Å². The first kappa shape index (κ1) is 19.3. The number of aromatic nitrogens is 3. The highest BCUT2D eigenvalue weighted by molar-refractivity contribution is 6.08. The lowest BCUT2D eigenvalue weighted by Gasteiger charge is -2.13. The van der Waals surface area contributed by atoms with Crippen molar-refractivity contribution >= 4 is 27.7 Å². The Bertz CT molecular complexity index is 1400. The first-order chi connectivity index (χ1) is 14.7. The van der Waals surface area contributed by atoms with Gasteiger partial charge in [0.05, 0.1) is 11.1 Å². The summed E-state index contributed by atoms with van der Waals surface area (Å²) in [6, 6.07) is 9.53. The van der Waals surface area contributed by atoms with Gasteiger partial charge >= 0.3 is 6.18 Å². The molecule has 0 atom stereocenters. The van der Waals surface area contributed by atoms with Crippen molar-refractivity contribution < 1.29 is 18.0 Å². The van der Waals surface area contributed by atoms with Crippen LogP contribution < -0.4 is 10.9 Å². The van der Waals surface area contributed by atoms with Crippen LogP contribution in [0.1, 0.15) is 28.8 Å². The normalized spacial score (nSPS) is 14.3. The minimum atomic E-state index is -4.47. The van der Waals surface area contributed by atoms with E-state index in [1.807, 2.05) is 0 Å². The number of nitrogens with zero attached hydrogens (tertiary/aromatic N) is 3. The molecule has 31 heavy (non-hydrogen) atoms. The molecular formula is C22H17F3N4O2. The number of nitrogens with one attached hydrogen (secondary N) is 1. The van der Waals surface area contributed by atoms with Gasteiger partial charge in [0, 0.05) is 41.3 Å². The smallest absolute Gasteiger partial charge is 0.349 e. The van der Waals surface area contributed by atoms with Crippen LogP contribution in [0.25, 0.3) is 27.5 Å². The highest BCUT2D eigenvalue weighted by Crippen LogP contribution is 2.31. The van der Waals surface area contributed by atoms with Gasteiger partial charge in [-0.05, 0) is 55.3 Å². The first-order valence-corrected chi connectivity index (χ1v) is 9.73. The molecule has 6 nitrogen and oxygen atoms in total. The minimum Gasteiger partial charge on any atom is -0.349 e. The van der Waals surface area contributed by atoms with Gasteiger partial charge in [-0.3, -0.25) is 18.8 Å². The average Bonchev–Trinajstić information content (AvgIpc) is 3.45. The fraction of sp³-hybridized carbons (Fsp3) is 0.227. The number of halogens is 3. The minimum absolute atomic E-state index is 0.176. The lowest BCUT2D eigenvalue weighted by Crippen LogP contribution is -2.25. The van der Waals surface area contributed by atoms with E-state index in [4.69, 9.17) is 0 Å². The summed E-state index contributed by atoms with van der Waals surface area (Å²) in [7, 11) is 1.68. The second-order valence-corrected chi connectivity index (χ2v) is 7.73. The van der Waals surface area contributed by atoms with Gasteiger partial charge in [-0.25, -0.2) is 0 Å². The Morgan fingerprint density at radius 1 is 1.10 bits per heavy atom. The summed E-state index contributed by atoms with van der Waals surface area (Å²) < 4.78 is 41.7. The molecule has 5 rings (SSSR count). The van der Waals surface area contributed by atoms with E-state index in [1.165, 1.54) is 21.4 Å². The second kappa shape index (κ2) is 6.69. The fourth-order valence-corrected chi connectivity index (χ4v) is 3.70. The zero-order chi connectivity index (χ0) is 21.9. The van der Waals surface area contributed by atoms with E-state index in [0.29, 0.717) is 21.9 Å². The molecule has 0 unspecified atom stereocenters. The molecule has 4 aromatic rings. The number of carbonyl (C=O) groups is 1. The van der Waals surface area contributed by atoms with Gasteiger partial charge in [0.2, 0.25) is 0 Å². The van der Waals surface area contributed by atoms with E-state index in [2.05, 4.69) is 10.4 Å². The summed E-state index contributed by atoms with van der Waals surface area (Å²) in [4.78, 5) is 25.7. The molecule has 1 aliphatic carbocycles. The lowest BCUT2D eigenvalue weighted by molar-refractivity contribution is -0.137. The summed E-state index contributed by atoms with van der Waals surface area (Å²) in [5, 5.41) is 8.37. The first-order valence-electron chi connectivity index (χ1n) is 9.73. The van der Waals surface area contributed by atoms with Gasteiger partial charge in [-0.2, -0.15) is 18.3 Å². The van der Waals surface area contributed by atoms with Crippen LogP contribution in [-0.2, 0) is 13.2 Å². The fourth-order valence-electron chi connectivity index (χ4n) is 3.70. The van der Waals surface area contributed by atoms with Crippen molar-refractivity contribution in [2.75, 3.05) is 0 Å². The SMILES string of the molecule is Cn1cc2c(n1)c(=O)n(-c1ccc(C(F)(F)F)cc1)c1ccc(C(=O)NC3CC3)cc21. The molecule has 0 aliphatic heterocycles. The van der Waals surface area contributed by atoms with E-state index >= 15 is 0 Å². The topological polar surface area (TPSA) is 68.9 Å². The second-order valence-electron chi connectivity index (χ2n) is 7.73. The number of aryl methyl sites for hydroxylation is 1. The maximum atomic E-state index is 13.2. The summed E-state index contributed by atoms with van der Waals surface area (Å²) in [6.45, 7) is 0. The number of benzene rings is 2. The quantitative estimate of drug-likeness (QED) is 0.542. The number of hydrogen-bond donors (Lipinski definition) is 1. The molecule has 1 saturated carbocycles. The molecule has 1 aliphatic rings. The zero-order valence-electron chi connectivity index (χ0n) is 16.4. The van der Waals surface area contributed by atoms with Crippen LogP contribution >= 0.6 is 0 Å². The number of rotatable bonds is 3. The molecule has 2 aromatic carbocycles. The van der Waals surface area contributed by atoms with Crippen LogP contribution in [0.3, 0.4) is 0 Å². The number of alkyl halides is 3. The van der Waals surface area contributed by atoms with Gasteiger partial charge in [0.25, 0.3) is 11.5 Å². The molecule has 2 heterocycles. The van der Waals surface area contributed by atoms with Crippen LogP contribution in [0, 0.1) is 0 Å². The van der Waals surface area contributed by atoms with E-state index in [9.17, 15) is 22.8 Å². The van der Waals surface area contributed by atoms with Crippen molar-refractivity contribution in [2.45, 2.75) is 25.1 Å². The number of carbonyl (C=O) groups excluding carboxylic acids is 1. The summed E-state index contributed by atoms with van der Waals surface area (Å²) in [6.07, 6.45) is -0.863. The molecule has 0 spiro atoms. The average molecular weight is 426 g/mol. The van der Waals surface area contributed by atoms with Gasteiger partial charge in [-0.15, -0.1) is 0 Å².